The van der Waals surface area contributed by atoms with Gasteiger partial charge >= 0.3 is 11.8 Å². The summed E-state index contributed by atoms with van der Waals surface area (Å²) in [5, 5.41) is 19.5. The van der Waals surface area contributed by atoms with E-state index in [0.29, 0.717) is 6.42 Å². The Bertz CT molecular complexity index is 484. The summed E-state index contributed by atoms with van der Waals surface area (Å²) in [6.45, 7) is 5.47. The quantitative estimate of drug-likeness (QED) is 0.638. The number of nitrogens with zero attached hydrogens (tertiary/aromatic N) is 2. The van der Waals surface area contributed by atoms with Crippen molar-refractivity contribution >= 4 is 11.8 Å². The summed E-state index contributed by atoms with van der Waals surface area (Å²) in [6, 6.07) is 0.892. The summed E-state index contributed by atoms with van der Waals surface area (Å²) in [4.78, 5) is 24.4. The lowest BCUT2D eigenvalue weighted by atomic mass is 10.1. The van der Waals surface area contributed by atoms with Crippen LogP contribution in [-0.2, 0) is 0 Å². The minimum Gasteiger partial charge on any atom is -0.483 e. The zero-order valence-electron chi connectivity index (χ0n) is 10.3. The summed E-state index contributed by atoms with van der Waals surface area (Å²) in [5.74, 6) is -1.78. The number of aromatic nitrogens is 1. The van der Waals surface area contributed by atoms with E-state index in [-0.39, 0.29) is 11.3 Å². The van der Waals surface area contributed by atoms with E-state index in [1.807, 2.05) is 6.92 Å². The lowest BCUT2D eigenvalue weighted by Gasteiger charge is -2.24. The largest absolute Gasteiger partial charge is 0.483 e. The molecule has 1 heterocycles. The third kappa shape index (κ3) is 3.16. The SMILES string of the molecule is CCC(C)(C)Oc1cnc([N+](=O)[O-])cc1C(=O)O. The van der Waals surface area contributed by atoms with Crippen molar-refractivity contribution < 1.29 is 19.6 Å². The highest BCUT2D eigenvalue weighted by Crippen LogP contribution is 2.26. The smallest absolute Gasteiger partial charge is 0.364 e. The van der Waals surface area contributed by atoms with Gasteiger partial charge in [-0.25, -0.2) is 4.79 Å². The van der Waals surface area contributed by atoms with Crippen molar-refractivity contribution in [1.29, 1.82) is 0 Å². The standard InChI is InChI=1S/C11H14N2O5/c1-4-11(2,3)18-8-6-12-9(13(16)17)5-7(8)10(14)15/h5-6H,4H2,1-3H3,(H,14,15). The minimum atomic E-state index is -1.29. The van der Waals surface area contributed by atoms with Gasteiger partial charge < -0.3 is 20.0 Å². The van der Waals surface area contributed by atoms with Gasteiger partial charge in [0.25, 0.3) is 0 Å². The Morgan fingerprint density at radius 3 is 2.67 bits per heavy atom. The fourth-order valence-corrected chi connectivity index (χ4v) is 1.15. The molecule has 0 saturated carbocycles. The summed E-state index contributed by atoms with van der Waals surface area (Å²) >= 11 is 0. The third-order valence-corrected chi connectivity index (χ3v) is 2.51. The number of pyridine rings is 1. The number of carbonyl (C=O) groups is 1. The Balaban J connectivity index is 3.20. The topological polar surface area (TPSA) is 103 Å². The first kappa shape index (κ1) is 13.9. The van der Waals surface area contributed by atoms with Crippen LogP contribution in [0.5, 0.6) is 5.75 Å². The van der Waals surface area contributed by atoms with E-state index in [9.17, 15) is 14.9 Å². The molecule has 0 radical (unpaired) electrons. The molecule has 7 heteroatoms. The maximum absolute atomic E-state index is 11.0. The molecule has 0 bridgehead atoms. The van der Waals surface area contributed by atoms with Crippen molar-refractivity contribution in [3.8, 4) is 5.75 Å². The van der Waals surface area contributed by atoms with Crippen LogP contribution in [0.15, 0.2) is 12.3 Å². The summed E-state index contributed by atoms with van der Waals surface area (Å²) in [7, 11) is 0. The number of hydrogen-bond acceptors (Lipinski definition) is 5. The van der Waals surface area contributed by atoms with E-state index in [1.165, 1.54) is 0 Å². The average Bonchev–Trinajstić information content (AvgIpc) is 2.28. The lowest BCUT2D eigenvalue weighted by Crippen LogP contribution is -2.27. The Morgan fingerprint density at radius 1 is 1.61 bits per heavy atom. The Hall–Kier alpha value is -2.18. The van der Waals surface area contributed by atoms with Gasteiger partial charge in [0.15, 0.2) is 11.9 Å². The first-order valence-electron chi connectivity index (χ1n) is 5.33. The summed E-state index contributed by atoms with van der Waals surface area (Å²) in [6.07, 6.45) is 1.72. The molecular weight excluding hydrogens is 240 g/mol. The second-order valence-electron chi connectivity index (χ2n) is 4.32. The van der Waals surface area contributed by atoms with Gasteiger partial charge in [0.2, 0.25) is 0 Å². The highest BCUT2D eigenvalue weighted by Gasteiger charge is 2.24. The number of hydrogen-bond donors (Lipinski definition) is 1. The van der Waals surface area contributed by atoms with Gasteiger partial charge in [-0.1, -0.05) is 6.92 Å². The van der Waals surface area contributed by atoms with Crippen LogP contribution in [0.4, 0.5) is 5.82 Å². The molecule has 0 saturated heterocycles. The number of aromatic carboxylic acids is 1. The van der Waals surface area contributed by atoms with Crippen LogP contribution in [0.3, 0.4) is 0 Å². The van der Waals surface area contributed by atoms with Crippen molar-refractivity contribution in [2.75, 3.05) is 0 Å². The van der Waals surface area contributed by atoms with E-state index in [2.05, 4.69) is 4.98 Å². The Morgan fingerprint density at radius 2 is 2.22 bits per heavy atom. The number of rotatable bonds is 5. The molecule has 1 N–H and O–H groups in total. The molecule has 0 aliphatic rings. The van der Waals surface area contributed by atoms with Gasteiger partial charge in [-0.2, -0.15) is 0 Å². The van der Waals surface area contributed by atoms with Crippen LogP contribution in [0, 0.1) is 10.1 Å². The third-order valence-electron chi connectivity index (χ3n) is 2.51. The van der Waals surface area contributed by atoms with Crippen LogP contribution in [0.2, 0.25) is 0 Å². The Kier molecular flexibility index (Phi) is 3.85. The molecule has 18 heavy (non-hydrogen) atoms. The van der Waals surface area contributed by atoms with Gasteiger partial charge in [-0.05, 0) is 30.2 Å². The van der Waals surface area contributed by atoms with Gasteiger partial charge in [-0.15, -0.1) is 0 Å². The van der Waals surface area contributed by atoms with Crippen molar-refractivity contribution in [2.45, 2.75) is 32.8 Å². The van der Waals surface area contributed by atoms with Gasteiger partial charge in [0.1, 0.15) is 11.2 Å². The first-order chi connectivity index (χ1) is 8.26. The fraction of sp³-hybridized carbons (Fsp3) is 0.455. The second-order valence-corrected chi connectivity index (χ2v) is 4.32. The van der Waals surface area contributed by atoms with Gasteiger partial charge in [0, 0.05) is 0 Å². The molecule has 0 aromatic carbocycles. The molecule has 0 amide bonds. The molecule has 0 atom stereocenters. The molecule has 98 valence electrons. The molecule has 0 spiro atoms. The number of nitro groups is 1. The van der Waals surface area contributed by atoms with Crippen molar-refractivity contribution in [2.24, 2.45) is 0 Å². The normalized spacial score (nSPS) is 11.1. The molecule has 0 aliphatic carbocycles. The maximum atomic E-state index is 11.0. The molecule has 1 aromatic heterocycles. The van der Waals surface area contributed by atoms with E-state index in [0.717, 1.165) is 12.3 Å². The van der Waals surface area contributed by atoms with Crippen LogP contribution in [0.1, 0.15) is 37.6 Å². The molecule has 1 aromatic rings. The Labute approximate surface area is 104 Å². The minimum absolute atomic E-state index is 0.0277. The van der Waals surface area contributed by atoms with E-state index in [4.69, 9.17) is 9.84 Å². The fourth-order valence-electron chi connectivity index (χ4n) is 1.15. The molecule has 7 nitrogen and oxygen atoms in total. The number of carboxylic acids is 1. The van der Waals surface area contributed by atoms with Crippen LogP contribution < -0.4 is 4.74 Å². The molecular formula is C11H14N2O5. The first-order valence-corrected chi connectivity index (χ1v) is 5.33. The van der Waals surface area contributed by atoms with Crippen molar-refractivity contribution in [1.82, 2.24) is 4.98 Å². The lowest BCUT2D eigenvalue weighted by molar-refractivity contribution is -0.389. The van der Waals surface area contributed by atoms with E-state index >= 15 is 0 Å². The predicted octanol–water partition coefficient (Wildman–Crippen LogP) is 2.26. The highest BCUT2D eigenvalue weighted by atomic mass is 16.6. The van der Waals surface area contributed by atoms with Crippen molar-refractivity contribution in [3.63, 3.8) is 0 Å². The van der Waals surface area contributed by atoms with Crippen LogP contribution in [0.25, 0.3) is 0 Å². The summed E-state index contributed by atoms with van der Waals surface area (Å²) < 4.78 is 5.51. The van der Waals surface area contributed by atoms with Gasteiger partial charge in [-0.3, -0.25) is 0 Å². The molecule has 0 aliphatic heterocycles. The second kappa shape index (κ2) is 4.99. The number of ether oxygens (including phenoxy) is 1. The van der Waals surface area contributed by atoms with Gasteiger partial charge in [0.05, 0.1) is 6.07 Å². The highest BCUT2D eigenvalue weighted by molar-refractivity contribution is 5.91. The van der Waals surface area contributed by atoms with Crippen molar-refractivity contribution in [3.05, 3.63) is 27.9 Å². The molecule has 0 fully saturated rings. The van der Waals surface area contributed by atoms with Crippen LogP contribution in [-0.4, -0.2) is 26.6 Å². The zero-order valence-corrected chi connectivity index (χ0v) is 10.3. The zero-order chi connectivity index (χ0) is 13.9. The van der Waals surface area contributed by atoms with Crippen LogP contribution >= 0.6 is 0 Å². The predicted molar refractivity (Wildman–Crippen MR) is 62.8 cm³/mol. The number of carboxylic acid groups (broad SMARTS) is 1. The monoisotopic (exact) mass is 254 g/mol. The average molecular weight is 254 g/mol. The summed E-state index contributed by atoms with van der Waals surface area (Å²) in [5.41, 5.74) is -0.833. The molecule has 0 unspecified atom stereocenters. The maximum Gasteiger partial charge on any atom is 0.364 e. The van der Waals surface area contributed by atoms with E-state index < -0.39 is 22.3 Å². The molecule has 1 rings (SSSR count). The van der Waals surface area contributed by atoms with E-state index in [1.54, 1.807) is 13.8 Å².